The number of hydrogen-bond donors (Lipinski definition) is 1. The van der Waals surface area contributed by atoms with Gasteiger partial charge in [-0.1, -0.05) is 35.5 Å². The molecule has 0 radical (unpaired) electrons. The Labute approximate surface area is 169 Å². The third-order valence-corrected chi connectivity index (χ3v) is 5.53. The van der Waals surface area contributed by atoms with Crippen LogP contribution in [-0.4, -0.2) is 65.7 Å². The first-order valence-corrected chi connectivity index (χ1v) is 10.0. The Morgan fingerprint density at radius 2 is 1.97 bits per heavy atom. The molecule has 1 N–H and O–H groups in total. The van der Waals surface area contributed by atoms with Crippen molar-refractivity contribution >= 4 is 17.6 Å². The largest absolute Gasteiger partial charge is 0.381 e. The van der Waals surface area contributed by atoms with Crippen LogP contribution >= 0.6 is 0 Å². The van der Waals surface area contributed by atoms with Gasteiger partial charge in [0.15, 0.2) is 5.82 Å². The van der Waals surface area contributed by atoms with Gasteiger partial charge in [0.2, 0.25) is 11.8 Å². The molecule has 2 fully saturated rings. The van der Waals surface area contributed by atoms with Crippen molar-refractivity contribution in [2.75, 3.05) is 38.2 Å². The van der Waals surface area contributed by atoms with Gasteiger partial charge in [0, 0.05) is 38.4 Å². The van der Waals surface area contributed by atoms with Gasteiger partial charge in [-0.25, -0.2) is 0 Å². The maximum atomic E-state index is 13.1. The maximum absolute atomic E-state index is 13.1. The molecule has 2 aliphatic rings. The number of benzene rings is 1. The van der Waals surface area contributed by atoms with Crippen LogP contribution in [0.5, 0.6) is 0 Å². The fraction of sp³-hybridized carbons (Fsp3) is 0.476. The number of amides is 2. The highest BCUT2D eigenvalue weighted by Gasteiger charge is 2.36. The van der Waals surface area contributed by atoms with Crippen molar-refractivity contribution in [2.24, 2.45) is 0 Å². The molecule has 1 aromatic heterocycles. The van der Waals surface area contributed by atoms with Gasteiger partial charge >= 0.3 is 0 Å². The normalized spacial score (nSPS) is 19.9. The van der Waals surface area contributed by atoms with E-state index in [0.29, 0.717) is 37.9 Å². The smallest absolute Gasteiger partial charge is 0.247 e. The Morgan fingerprint density at radius 1 is 1.21 bits per heavy atom. The van der Waals surface area contributed by atoms with Crippen molar-refractivity contribution in [1.29, 1.82) is 0 Å². The number of carbonyl (C=O) groups is 2. The molecule has 1 unspecified atom stereocenters. The lowest BCUT2D eigenvalue weighted by Gasteiger charge is -2.42. The van der Waals surface area contributed by atoms with Crippen molar-refractivity contribution in [2.45, 2.75) is 31.8 Å². The number of nitrogens with one attached hydrogen (secondary N) is 1. The highest BCUT2D eigenvalue weighted by molar-refractivity contribution is 5.95. The van der Waals surface area contributed by atoms with Crippen LogP contribution < -0.4 is 5.32 Å². The molecule has 1 aromatic carbocycles. The Bertz CT molecular complexity index is 847. The summed E-state index contributed by atoms with van der Waals surface area (Å²) in [4.78, 5) is 29.9. The van der Waals surface area contributed by atoms with Gasteiger partial charge < -0.3 is 19.5 Å². The molecular formula is C21H26N4O4. The van der Waals surface area contributed by atoms with E-state index in [1.165, 1.54) is 0 Å². The second kappa shape index (κ2) is 8.75. The van der Waals surface area contributed by atoms with Crippen LogP contribution in [0.15, 0.2) is 40.9 Å². The molecular weight excluding hydrogens is 372 g/mol. The number of nitrogens with zero attached hydrogens (tertiary/aromatic N) is 3. The Morgan fingerprint density at radius 3 is 2.62 bits per heavy atom. The molecule has 154 valence electrons. The molecule has 8 nitrogen and oxygen atoms in total. The highest BCUT2D eigenvalue weighted by atomic mass is 16.5. The van der Waals surface area contributed by atoms with E-state index in [0.717, 1.165) is 18.4 Å². The lowest BCUT2D eigenvalue weighted by atomic mass is 10.0. The molecule has 0 saturated carbocycles. The van der Waals surface area contributed by atoms with Crippen LogP contribution in [0.4, 0.5) is 5.82 Å². The van der Waals surface area contributed by atoms with Crippen LogP contribution in [-0.2, 0) is 14.3 Å². The molecule has 0 aliphatic carbocycles. The average molecular weight is 398 g/mol. The zero-order chi connectivity index (χ0) is 20.2. The molecule has 1 atom stereocenters. The van der Waals surface area contributed by atoms with Crippen molar-refractivity contribution < 1.29 is 18.8 Å². The first kappa shape index (κ1) is 19.6. The summed E-state index contributed by atoms with van der Waals surface area (Å²) in [6.45, 7) is 4.62. The number of rotatable bonds is 5. The van der Waals surface area contributed by atoms with E-state index >= 15 is 0 Å². The van der Waals surface area contributed by atoms with Crippen molar-refractivity contribution in [3.8, 4) is 0 Å². The molecule has 2 aliphatic heterocycles. The van der Waals surface area contributed by atoms with Crippen LogP contribution in [0.2, 0.25) is 0 Å². The minimum absolute atomic E-state index is 0.0640. The molecule has 4 rings (SSSR count). The van der Waals surface area contributed by atoms with Gasteiger partial charge in [0.1, 0.15) is 11.8 Å². The van der Waals surface area contributed by atoms with E-state index in [2.05, 4.69) is 10.5 Å². The van der Waals surface area contributed by atoms with Crippen LogP contribution in [0, 0.1) is 6.92 Å². The summed E-state index contributed by atoms with van der Waals surface area (Å²) in [5.74, 6) is 0.836. The first-order chi connectivity index (χ1) is 14.1. The summed E-state index contributed by atoms with van der Waals surface area (Å²) in [6.07, 6.45) is 1.75. The summed E-state index contributed by atoms with van der Waals surface area (Å²) in [6, 6.07) is 10.9. The lowest BCUT2D eigenvalue weighted by Crippen LogP contribution is -2.56. The van der Waals surface area contributed by atoms with Crippen molar-refractivity contribution in [3.63, 3.8) is 0 Å². The third kappa shape index (κ3) is 4.49. The summed E-state index contributed by atoms with van der Waals surface area (Å²) < 4.78 is 10.5. The Hall–Kier alpha value is -2.71. The monoisotopic (exact) mass is 398 g/mol. The number of carbonyl (C=O) groups excluding carboxylic acids is 2. The van der Waals surface area contributed by atoms with E-state index < -0.39 is 6.04 Å². The van der Waals surface area contributed by atoms with Gasteiger partial charge in [-0.3, -0.25) is 14.5 Å². The fourth-order valence-corrected chi connectivity index (χ4v) is 4.09. The van der Waals surface area contributed by atoms with E-state index in [1.807, 2.05) is 40.1 Å². The molecule has 2 saturated heterocycles. The molecule has 3 heterocycles. The Balaban J connectivity index is 1.51. The topological polar surface area (TPSA) is 87.9 Å². The number of aromatic nitrogens is 1. The van der Waals surface area contributed by atoms with Crippen LogP contribution in [0.1, 0.15) is 30.2 Å². The minimum Gasteiger partial charge on any atom is -0.381 e. The van der Waals surface area contributed by atoms with Gasteiger partial charge in [0.05, 0.1) is 6.54 Å². The standard InChI is InChI=1S/C21H26N4O4/c1-15-13-18(23-29-15)22-21(27)20(16-5-3-2-4-6-16)24-9-10-25(19(26)14-24)17-7-11-28-12-8-17/h2-6,13,17,20H,7-12,14H2,1H3,(H,22,23,27). The first-order valence-electron chi connectivity index (χ1n) is 10.0. The second-order valence-corrected chi connectivity index (χ2v) is 7.53. The van der Waals surface area contributed by atoms with Crippen LogP contribution in [0.3, 0.4) is 0 Å². The number of anilines is 1. The maximum Gasteiger partial charge on any atom is 0.247 e. The molecule has 0 bridgehead atoms. The van der Waals surface area contributed by atoms with Gasteiger partial charge in [-0.2, -0.15) is 0 Å². The minimum atomic E-state index is -0.575. The molecule has 0 spiro atoms. The number of ether oxygens (including phenoxy) is 1. The van der Waals surface area contributed by atoms with Crippen molar-refractivity contribution in [3.05, 3.63) is 47.7 Å². The summed E-state index contributed by atoms with van der Waals surface area (Å²) >= 11 is 0. The summed E-state index contributed by atoms with van der Waals surface area (Å²) in [5.41, 5.74) is 0.845. The molecule has 8 heteroatoms. The molecule has 29 heavy (non-hydrogen) atoms. The highest BCUT2D eigenvalue weighted by Crippen LogP contribution is 2.26. The second-order valence-electron chi connectivity index (χ2n) is 7.53. The SMILES string of the molecule is Cc1cc(NC(=O)C(c2ccccc2)N2CCN(C3CCOCC3)C(=O)C2)no1. The number of hydrogen-bond acceptors (Lipinski definition) is 6. The van der Waals surface area contributed by atoms with E-state index in [-0.39, 0.29) is 24.4 Å². The van der Waals surface area contributed by atoms with Gasteiger partial charge in [0.25, 0.3) is 0 Å². The number of aryl methyl sites for hydroxylation is 1. The fourth-order valence-electron chi connectivity index (χ4n) is 4.09. The summed E-state index contributed by atoms with van der Waals surface area (Å²) in [7, 11) is 0. The van der Waals surface area contributed by atoms with E-state index in [4.69, 9.17) is 9.26 Å². The van der Waals surface area contributed by atoms with Gasteiger partial charge in [-0.05, 0) is 25.3 Å². The average Bonchev–Trinajstić information content (AvgIpc) is 3.14. The van der Waals surface area contributed by atoms with E-state index in [9.17, 15) is 9.59 Å². The molecule has 2 amide bonds. The zero-order valence-corrected chi connectivity index (χ0v) is 16.5. The quantitative estimate of drug-likeness (QED) is 0.829. The van der Waals surface area contributed by atoms with E-state index in [1.54, 1.807) is 13.0 Å². The third-order valence-electron chi connectivity index (χ3n) is 5.53. The molecule has 2 aromatic rings. The van der Waals surface area contributed by atoms with Gasteiger partial charge in [-0.15, -0.1) is 0 Å². The zero-order valence-electron chi connectivity index (χ0n) is 16.5. The predicted molar refractivity (Wildman–Crippen MR) is 106 cm³/mol. The number of piperazine rings is 1. The summed E-state index contributed by atoms with van der Waals surface area (Å²) in [5, 5.41) is 6.67. The predicted octanol–water partition coefficient (Wildman–Crippen LogP) is 1.99. The lowest BCUT2D eigenvalue weighted by molar-refractivity contribution is -0.143. The van der Waals surface area contributed by atoms with Crippen molar-refractivity contribution in [1.82, 2.24) is 15.0 Å². The van der Waals surface area contributed by atoms with Crippen LogP contribution in [0.25, 0.3) is 0 Å². The Kier molecular flexibility index (Phi) is 5.92.